The van der Waals surface area contributed by atoms with Gasteiger partial charge in [0.15, 0.2) is 0 Å². The lowest BCUT2D eigenvalue weighted by Gasteiger charge is -2.06. The summed E-state index contributed by atoms with van der Waals surface area (Å²) in [4.78, 5) is 10.7. The first-order chi connectivity index (χ1) is 8.72. The van der Waals surface area contributed by atoms with E-state index >= 15 is 0 Å². The standard InChI is InChI=1S/C14H22N2O2.ClH/c15-9-3-1-2-4-10-18-13-7-5-12(6-8-13)11-14(16)17;/h5-8H,1-4,9-11,15H2,(H2,16,17);1H. The van der Waals surface area contributed by atoms with Crippen LogP contribution in [0.2, 0.25) is 0 Å². The Morgan fingerprint density at radius 1 is 1.05 bits per heavy atom. The van der Waals surface area contributed by atoms with Crippen LogP contribution >= 0.6 is 12.4 Å². The molecule has 0 aromatic heterocycles. The maximum absolute atomic E-state index is 10.7. The second kappa shape index (κ2) is 10.6. The summed E-state index contributed by atoms with van der Waals surface area (Å²) in [5, 5.41) is 0. The molecule has 0 saturated carbocycles. The maximum Gasteiger partial charge on any atom is 0.221 e. The number of benzene rings is 1. The second-order valence-corrected chi connectivity index (χ2v) is 4.34. The fourth-order valence-corrected chi connectivity index (χ4v) is 1.69. The highest BCUT2D eigenvalue weighted by Crippen LogP contribution is 2.13. The predicted molar refractivity (Wildman–Crippen MR) is 79.6 cm³/mol. The van der Waals surface area contributed by atoms with Gasteiger partial charge < -0.3 is 16.2 Å². The van der Waals surface area contributed by atoms with Crippen molar-refractivity contribution in [3.05, 3.63) is 29.8 Å². The van der Waals surface area contributed by atoms with Gasteiger partial charge >= 0.3 is 0 Å². The first-order valence-electron chi connectivity index (χ1n) is 6.42. The van der Waals surface area contributed by atoms with Crippen molar-refractivity contribution in [2.24, 2.45) is 11.5 Å². The first-order valence-corrected chi connectivity index (χ1v) is 6.42. The SMILES string of the molecule is Cl.NCCCCCCOc1ccc(CC(N)=O)cc1. The molecule has 108 valence electrons. The monoisotopic (exact) mass is 286 g/mol. The van der Waals surface area contributed by atoms with Crippen LogP contribution in [0, 0.1) is 0 Å². The van der Waals surface area contributed by atoms with E-state index in [4.69, 9.17) is 16.2 Å². The second-order valence-electron chi connectivity index (χ2n) is 4.34. The summed E-state index contributed by atoms with van der Waals surface area (Å²) in [7, 11) is 0. The molecule has 4 N–H and O–H groups in total. The molecule has 0 spiro atoms. The third kappa shape index (κ3) is 8.46. The van der Waals surface area contributed by atoms with Gasteiger partial charge in [0, 0.05) is 0 Å². The highest BCUT2D eigenvalue weighted by Gasteiger charge is 1.99. The Kier molecular flexibility index (Phi) is 9.94. The minimum absolute atomic E-state index is 0. The Bertz CT molecular complexity index is 355. The molecule has 0 aliphatic rings. The van der Waals surface area contributed by atoms with Gasteiger partial charge in [0.1, 0.15) is 5.75 Å². The summed E-state index contributed by atoms with van der Waals surface area (Å²) in [6.45, 7) is 1.49. The molecule has 5 heteroatoms. The van der Waals surface area contributed by atoms with E-state index in [-0.39, 0.29) is 24.7 Å². The van der Waals surface area contributed by atoms with Crippen molar-refractivity contribution in [2.75, 3.05) is 13.2 Å². The van der Waals surface area contributed by atoms with Crippen LogP contribution < -0.4 is 16.2 Å². The van der Waals surface area contributed by atoms with E-state index < -0.39 is 0 Å². The van der Waals surface area contributed by atoms with Crippen molar-refractivity contribution in [3.63, 3.8) is 0 Å². The molecule has 4 nitrogen and oxygen atoms in total. The molecule has 0 saturated heterocycles. The molecule has 0 fully saturated rings. The zero-order valence-electron chi connectivity index (χ0n) is 11.1. The van der Waals surface area contributed by atoms with Crippen molar-refractivity contribution >= 4 is 18.3 Å². The zero-order chi connectivity index (χ0) is 13.2. The number of carbonyl (C=O) groups excluding carboxylic acids is 1. The fourth-order valence-electron chi connectivity index (χ4n) is 1.69. The molecule has 1 rings (SSSR count). The van der Waals surface area contributed by atoms with Crippen molar-refractivity contribution in [3.8, 4) is 5.75 Å². The normalized spacial score (nSPS) is 9.74. The molecule has 0 atom stereocenters. The summed E-state index contributed by atoms with van der Waals surface area (Å²) >= 11 is 0. The van der Waals surface area contributed by atoms with E-state index in [1.54, 1.807) is 0 Å². The van der Waals surface area contributed by atoms with Crippen LogP contribution in [0.4, 0.5) is 0 Å². The Hall–Kier alpha value is -1.26. The highest BCUT2D eigenvalue weighted by molar-refractivity contribution is 5.85. The van der Waals surface area contributed by atoms with E-state index in [9.17, 15) is 4.79 Å². The van der Waals surface area contributed by atoms with Gasteiger partial charge in [0.25, 0.3) is 0 Å². The molecule has 0 heterocycles. The number of unbranched alkanes of at least 4 members (excludes halogenated alkanes) is 3. The predicted octanol–water partition coefficient (Wildman–Crippen LogP) is 2.03. The van der Waals surface area contributed by atoms with E-state index in [1.165, 1.54) is 0 Å². The van der Waals surface area contributed by atoms with E-state index in [0.29, 0.717) is 0 Å². The molecule has 0 unspecified atom stereocenters. The molecule has 1 aromatic carbocycles. The van der Waals surface area contributed by atoms with Gasteiger partial charge in [0.05, 0.1) is 13.0 Å². The van der Waals surface area contributed by atoms with Gasteiger partial charge in [-0.15, -0.1) is 12.4 Å². The number of nitrogens with two attached hydrogens (primary N) is 2. The smallest absolute Gasteiger partial charge is 0.221 e. The Morgan fingerprint density at radius 2 is 1.68 bits per heavy atom. The number of primary amides is 1. The summed E-state index contributed by atoms with van der Waals surface area (Å²) in [6.07, 6.45) is 4.72. The highest BCUT2D eigenvalue weighted by atomic mass is 35.5. The van der Waals surface area contributed by atoms with Gasteiger partial charge in [-0.05, 0) is 37.1 Å². The third-order valence-electron chi connectivity index (χ3n) is 2.67. The number of carbonyl (C=O) groups is 1. The molecule has 0 radical (unpaired) electrons. The number of ether oxygens (including phenoxy) is 1. The van der Waals surface area contributed by atoms with Gasteiger partial charge in [-0.3, -0.25) is 4.79 Å². The minimum Gasteiger partial charge on any atom is -0.494 e. The largest absolute Gasteiger partial charge is 0.494 e. The zero-order valence-corrected chi connectivity index (χ0v) is 12.0. The Labute approximate surface area is 120 Å². The lowest BCUT2D eigenvalue weighted by atomic mass is 10.1. The van der Waals surface area contributed by atoms with Gasteiger partial charge in [-0.2, -0.15) is 0 Å². The summed E-state index contributed by atoms with van der Waals surface area (Å²) < 4.78 is 5.60. The molecular formula is C14H23ClN2O2. The van der Waals surface area contributed by atoms with E-state index in [1.807, 2.05) is 24.3 Å². The fraction of sp³-hybridized carbons (Fsp3) is 0.500. The van der Waals surface area contributed by atoms with Crippen molar-refractivity contribution in [2.45, 2.75) is 32.1 Å². The van der Waals surface area contributed by atoms with Crippen molar-refractivity contribution in [1.82, 2.24) is 0 Å². The summed E-state index contributed by atoms with van der Waals surface area (Å²) in [6, 6.07) is 7.49. The van der Waals surface area contributed by atoms with Gasteiger partial charge in [-0.25, -0.2) is 0 Å². The average molecular weight is 287 g/mol. The van der Waals surface area contributed by atoms with E-state index in [0.717, 1.165) is 50.1 Å². The summed E-state index contributed by atoms with van der Waals surface area (Å²) in [5.41, 5.74) is 11.5. The van der Waals surface area contributed by atoms with Crippen molar-refractivity contribution < 1.29 is 9.53 Å². The van der Waals surface area contributed by atoms with E-state index in [2.05, 4.69) is 0 Å². The van der Waals surface area contributed by atoms with Crippen LogP contribution in [0.3, 0.4) is 0 Å². The van der Waals surface area contributed by atoms with Crippen LogP contribution in [0.1, 0.15) is 31.2 Å². The molecule has 0 aliphatic carbocycles. The molecular weight excluding hydrogens is 264 g/mol. The summed E-state index contributed by atoms with van der Waals surface area (Å²) in [5.74, 6) is 0.519. The number of hydrogen-bond acceptors (Lipinski definition) is 3. The Balaban J connectivity index is 0.00000324. The number of halogens is 1. The molecule has 1 aromatic rings. The van der Waals surface area contributed by atoms with Gasteiger partial charge in [-0.1, -0.05) is 25.0 Å². The topological polar surface area (TPSA) is 78.3 Å². The quantitative estimate of drug-likeness (QED) is 0.682. The lowest BCUT2D eigenvalue weighted by molar-refractivity contribution is -0.117. The third-order valence-corrected chi connectivity index (χ3v) is 2.67. The maximum atomic E-state index is 10.7. The number of rotatable bonds is 9. The number of hydrogen-bond donors (Lipinski definition) is 2. The van der Waals surface area contributed by atoms with Crippen LogP contribution in [-0.2, 0) is 11.2 Å². The molecule has 0 bridgehead atoms. The Morgan fingerprint density at radius 3 is 2.26 bits per heavy atom. The van der Waals surface area contributed by atoms with Gasteiger partial charge in [0.2, 0.25) is 5.91 Å². The molecule has 1 amide bonds. The first kappa shape index (κ1) is 17.7. The molecule has 19 heavy (non-hydrogen) atoms. The van der Waals surface area contributed by atoms with Crippen LogP contribution in [0.25, 0.3) is 0 Å². The average Bonchev–Trinajstić information content (AvgIpc) is 2.35. The minimum atomic E-state index is -0.316. The van der Waals surface area contributed by atoms with Crippen LogP contribution in [-0.4, -0.2) is 19.1 Å². The number of amides is 1. The lowest BCUT2D eigenvalue weighted by Crippen LogP contribution is -2.13. The van der Waals surface area contributed by atoms with Crippen molar-refractivity contribution in [1.29, 1.82) is 0 Å². The van der Waals surface area contributed by atoms with Crippen LogP contribution in [0.15, 0.2) is 24.3 Å². The molecule has 0 aliphatic heterocycles. The van der Waals surface area contributed by atoms with Crippen LogP contribution in [0.5, 0.6) is 5.75 Å².